The first-order valence-corrected chi connectivity index (χ1v) is 11.8. The van der Waals surface area contributed by atoms with Crippen LogP contribution in [0.25, 0.3) is 10.6 Å². The molecule has 1 aliphatic rings. The Kier molecular flexibility index (Phi) is 6.36. The van der Waals surface area contributed by atoms with Crippen LogP contribution in [0.4, 0.5) is 9.52 Å². The van der Waals surface area contributed by atoms with Gasteiger partial charge < -0.3 is 5.32 Å². The Bertz CT molecular complexity index is 883. The van der Waals surface area contributed by atoms with E-state index in [1.54, 1.807) is 32.9 Å². The lowest BCUT2D eigenvalue weighted by Crippen LogP contribution is -2.46. The van der Waals surface area contributed by atoms with Crippen LogP contribution in [0.2, 0.25) is 0 Å². The van der Waals surface area contributed by atoms with Crippen LogP contribution in [-0.4, -0.2) is 35.9 Å². The smallest absolute Gasteiger partial charge is 0.216 e. The van der Waals surface area contributed by atoms with Crippen LogP contribution in [0.1, 0.15) is 46.5 Å². The number of nitrogens with one attached hydrogen (secondary N) is 2. The predicted octanol–water partition coefficient (Wildman–Crippen LogP) is 4.03. The molecule has 0 radical (unpaired) electrons. The van der Waals surface area contributed by atoms with Crippen molar-refractivity contribution in [2.24, 2.45) is 5.92 Å². The van der Waals surface area contributed by atoms with E-state index in [1.165, 1.54) is 23.5 Å². The second kappa shape index (κ2) is 8.42. The molecule has 0 saturated heterocycles. The number of sulfonamides is 1. The maximum absolute atomic E-state index is 13.0. The fourth-order valence-electron chi connectivity index (χ4n) is 3.12. The quantitative estimate of drug-likeness (QED) is 0.728. The van der Waals surface area contributed by atoms with Gasteiger partial charge in [0.15, 0.2) is 0 Å². The summed E-state index contributed by atoms with van der Waals surface area (Å²) in [5, 5.41) is 13.2. The zero-order valence-corrected chi connectivity index (χ0v) is 18.0. The molecule has 1 fully saturated rings. The molecule has 0 spiro atoms. The molecule has 0 aliphatic heterocycles. The van der Waals surface area contributed by atoms with E-state index in [-0.39, 0.29) is 11.9 Å². The summed E-state index contributed by atoms with van der Waals surface area (Å²) in [7, 11) is -3.30. The zero-order chi connectivity index (χ0) is 20.4. The average molecular weight is 427 g/mol. The molecule has 6 nitrogen and oxygen atoms in total. The highest BCUT2D eigenvalue weighted by Gasteiger charge is 2.32. The van der Waals surface area contributed by atoms with Crippen molar-refractivity contribution in [2.45, 2.75) is 57.2 Å². The molecule has 2 N–H and O–H groups in total. The van der Waals surface area contributed by atoms with Gasteiger partial charge in [0.1, 0.15) is 10.8 Å². The van der Waals surface area contributed by atoms with E-state index >= 15 is 0 Å². The molecule has 154 valence electrons. The molecule has 0 unspecified atom stereocenters. The van der Waals surface area contributed by atoms with Crippen LogP contribution >= 0.6 is 11.3 Å². The summed E-state index contributed by atoms with van der Waals surface area (Å²) in [6.45, 7) is 5.93. The van der Waals surface area contributed by atoms with Crippen LogP contribution in [0, 0.1) is 11.7 Å². The van der Waals surface area contributed by atoms with Gasteiger partial charge in [0.2, 0.25) is 15.2 Å². The predicted molar refractivity (Wildman–Crippen MR) is 111 cm³/mol. The summed E-state index contributed by atoms with van der Waals surface area (Å²) in [5.41, 5.74) is 0.846. The fourth-order valence-corrected chi connectivity index (χ4v) is 4.90. The van der Waals surface area contributed by atoms with Crippen molar-refractivity contribution in [3.05, 3.63) is 30.1 Å². The number of anilines is 1. The van der Waals surface area contributed by atoms with Gasteiger partial charge in [-0.15, -0.1) is 10.2 Å². The monoisotopic (exact) mass is 426 g/mol. The average Bonchev–Trinajstić information content (AvgIpc) is 3.09. The third-order valence-corrected chi connectivity index (χ3v) is 8.22. The van der Waals surface area contributed by atoms with Crippen LogP contribution < -0.4 is 10.0 Å². The molecule has 0 atom stereocenters. The van der Waals surface area contributed by atoms with E-state index in [1.807, 2.05) is 0 Å². The molecular weight excluding hydrogens is 399 g/mol. The Labute approximate surface area is 170 Å². The van der Waals surface area contributed by atoms with Crippen molar-refractivity contribution >= 4 is 26.5 Å². The number of hydrogen-bond acceptors (Lipinski definition) is 6. The van der Waals surface area contributed by atoms with Gasteiger partial charge in [-0.05, 0) is 76.6 Å². The summed E-state index contributed by atoms with van der Waals surface area (Å²) >= 11 is 1.44. The number of halogens is 1. The normalized spacial score (nSPS) is 20.9. The van der Waals surface area contributed by atoms with Crippen molar-refractivity contribution in [1.29, 1.82) is 0 Å². The molecule has 2 aromatic rings. The van der Waals surface area contributed by atoms with E-state index in [9.17, 15) is 12.8 Å². The first-order valence-electron chi connectivity index (χ1n) is 9.49. The summed E-state index contributed by atoms with van der Waals surface area (Å²) in [5.74, 6) is 0.209. The number of rotatable bonds is 6. The molecule has 1 aromatic carbocycles. The van der Waals surface area contributed by atoms with Crippen LogP contribution in [-0.2, 0) is 10.0 Å². The van der Waals surface area contributed by atoms with Gasteiger partial charge in [-0.3, -0.25) is 0 Å². The SMILES string of the molecule is CC(C)(C)S(=O)(=O)N[C@H]1CC[C@H](CNc2nnc(-c3ccc(F)cc3)s2)CC1. The molecule has 3 rings (SSSR count). The minimum Gasteiger partial charge on any atom is -0.360 e. The van der Waals surface area contributed by atoms with Gasteiger partial charge in [0.25, 0.3) is 0 Å². The molecule has 1 saturated carbocycles. The Morgan fingerprint density at radius 2 is 1.75 bits per heavy atom. The molecule has 1 heterocycles. The minimum atomic E-state index is -3.30. The van der Waals surface area contributed by atoms with Gasteiger partial charge in [-0.2, -0.15) is 0 Å². The summed E-state index contributed by atoms with van der Waals surface area (Å²) in [6.07, 6.45) is 3.62. The van der Waals surface area contributed by atoms with Gasteiger partial charge in [0, 0.05) is 18.2 Å². The van der Waals surface area contributed by atoms with Crippen molar-refractivity contribution in [3.8, 4) is 10.6 Å². The highest BCUT2D eigenvalue weighted by Crippen LogP contribution is 2.29. The van der Waals surface area contributed by atoms with Crippen LogP contribution in [0.15, 0.2) is 24.3 Å². The Hall–Kier alpha value is -1.58. The van der Waals surface area contributed by atoms with E-state index < -0.39 is 14.8 Å². The van der Waals surface area contributed by atoms with Gasteiger partial charge >= 0.3 is 0 Å². The highest BCUT2D eigenvalue weighted by molar-refractivity contribution is 7.90. The van der Waals surface area contributed by atoms with Gasteiger partial charge in [-0.1, -0.05) is 11.3 Å². The number of benzene rings is 1. The molecule has 0 amide bonds. The Morgan fingerprint density at radius 1 is 1.11 bits per heavy atom. The third-order valence-electron chi connectivity index (χ3n) is 5.03. The molecule has 28 heavy (non-hydrogen) atoms. The fraction of sp³-hybridized carbons (Fsp3) is 0.579. The summed E-state index contributed by atoms with van der Waals surface area (Å²) < 4.78 is 39.7. The lowest BCUT2D eigenvalue weighted by atomic mass is 9.86. The summed E-state index contributed by atoms with van der Waals surface area (Å²) in [4.78, 5) is 0. The van der Waals surface area contributed by atoms with E-state index in [4.69, 9.17) is 0 Å². The first-order chi connectivity index (χ1) is 13.1. The second-order valence-electron chi connectivity index (χ2n) is 8.25. The topological polar surface area (TPSA) is 84.0 Å². The third kappa shape index (κ3) is 5.27. The van der Waals surface area contributed by atoms with Gasteiger partial charge in [0.05, 0.1) is 4.75 Å². The highest BCUT2D eigenvalue weighted by atomic mass is 32.2. The van der Waals surface area contributed by atoms with Gasteiger partial charge in [-0.25, -0.2) is 17.5 Å². The van der Waals surface area contributed by atoms with Crippen molar-refractivity contribution in [2.75, 3.05) is 11.9 Å². The maximum atomic E-state index is 13.0. The first kappa shape index (κ1) is 21.1. The molecular formula is C19H27FN4O2S2. The Morgan fingerprint density at radius 3 is 2.36 bits per heavy atom. The molecule has 0 bridgehead atoms. The lowest BCUT2D eigenvalue weighted by molar-refractivity contribution is 0.322. The maximum Gasteiger partial charge on any atom is 0.216 e. The van der Waals surface area contributed by atoms with E-state index in [0.29, 0.717) is 5.92 Å². The van der Waals surface area contributed by atoms with Crippen molar-refractivity contribution in [1.82, 2.24) is 14.9 Å². The lowest BCUT2D eigenvalue weighted by Gasteiger charge is -2.31. The number of nitrogens with zero attached hydrogens (tertiary/aromatic N) is 2. The number of aromatic nitrogens is 2. The van der Waals surface area contributed by atoms with Crippen LogP contribution in [0.5, 0.6) is 0 Å². The standard InChI is InChI=1S/C19H27FN4O2S2/c1-19(2,3)28(25,26)24-16-10-4-13(5-11-16)12-21-18-23-22-17(27-18)14-6-8-15(20)9-7-14/h6-9,13,16,24H,4-5,10-12H2,1-3H3,(H,21,23)/t13-,16-. The zero-order valence-electron chi connectivity index (χ0n) is 16.4. The van der Waals surface area contributed by atoms with Crippen LogP contribution in [0.3, 0.4) is 0 Å². The van der Waals surface area contributed by atoms with Crippen molar-refractivity contribution < 1.29 is 12.8 Å². The molecule has 1 aliphatic carbocycles. The summed E-state index contributed by atoms with van der Waals surface area (Å²) in [6, 6.07) is 6.23. The minimum absolute atomic E-state index is 0.0204. The number of hydrogen-bond donors (Lipinski definition) is 2. The molecule has 9 heteroatoms. The van der Waals surface area contributed by atoms with E-state index in [2.05, 4.69) is 20.2 Å². The second-order valence-corrected chi connectivity index (χ2v) is 11.7. The Balaban J connectivity index is 1.47. The molecule has 1 aromatic heterocycles. The largest absolute Gasteiger partial charge is 0.360 e. The van der Waals surface area contributed by atoms with E-state index in [0.717, 1.165) is 47.9 Å². The van der Waals surface area contributed by atoms with Crippen molar-refractivity contribution in [3.63, 3.8) is 0 Å².